The lowest BCUT2D eigenvalue weighted by Crippen LogP contribution is -2.48. The van der Waals surface area contributed by atoms with Crippen LogP contribution in [-0.2, 0) is 19.6 Å². The largest absolute Gasteiger partial charge is 0.373 e. The molecule has 2 amide bonds. The Labute approximate surface area is 172 Å². The van der Waals surface area contributed by atoms with E-state index in [1.807, 2.05) is 13.8 Å². The molecular formula is C20H29N3O5S. The van der Waals surface area contributed by atoms with Gasteiger partial charge in [0.05, 0.1) is 17.1 Å². The van der Waals surface area contributed by atoms with E-state index in [9.17, 15) is 18.0 Å². The van der Waals surface area contributed by atoms with Crippen molar-refractivity contribution in [2.24, 2.45) is 0 Å². The summed E-state index contributed by atoms with van der Waals surface area (Å²) < 4.78 is 33.1. The first-order valence-electron chi connectivity index (χ1n) is 9.99. The summed E-state index contributed by atoms with van der Waals surface area (Å²) >= 11 is 0. The lowest BCUT2D eigenvalue weighted by atomic mass is 10.0. The lowest BCUT2D eigenvalue weighted by molar-refractivity contribution is -0.129. The maximum absolute atomic E-state index is 13.0. The van der Waals surface area contributed by atoms with Crippen LogP contribution in [0.1, 0.15) is 44.0 Å². The van der Waals surface area contributed by atoms with Crippen molar-refractivity contribution >= 4 is 21.8 Å². The van der Waals surface area contributed by atoms with Crippen LogP contribution < -0.4 is 5.32 Å². The minimum absolute atomic E-state index is 0.0284. The van der Waals surface area contributed by atoms with Gasteiger partial charge in [-0.15, -0.1) is 0 Å². The van der Waals surface area contributed by atoms with E-state index in [2.05, 4.69) is 5.32 Å². The molecule has 2 saturated heterocycles. The second-order valence-electron chi connectivity index (χ2n) is 7.86. The van der Waals surface area contributed by atoms with Crippen LogP contribution in [0.5, 0.6) is 0 Å². The molecule has 1 aromatic rings. The number of nitrogens with one attached hydrogen (secondary N) is 1. The highest BCUT2D eigenvalue weighted by molar-refractivity contribution is 7.89. The predicted molar refractivity (Wildman–Crippen MR) is 108 cm³/mol. The van der Waals surface area contributed by atoms with Crippen LogP contribution in [0.4, 0.5) is 0 Å². The fraction of sp³-hybridized carbons (Fsp3) is 0.600. The zero-order valence-corrected chi connectivity index (χ0v) is 17.9. The summed E-state index contributed by atoms with van der Waals surface area (Å²) in [6.07, 6.45) is 1.02. The number of likely N-dealkylation sites (tertiary alicyclic amines) is 1. The second-order valence-corrected chi connectivity index (χ2v) is 9.80. The van der Waals surface area contributed by atoms with E-state index < -0.39 is 10.0 Å². The first-order chi connectivity index (χ1) is 13.7. The summed E-state index contributed by atoms with van der Waals surface area (Å²) in [5, 5.41) is 2.96. The predicted octanol–water partition coefficient (Wildman–Crippen LogP) is 1.23. The third-order valence-electron chi connectivity index (χ3n) is 5.40. The Hall–Kier alpha value is -1.97. The molecule has 2 atom stereocenters. The van der Waals surface area contributed by atoms with E-state index in [0.717, 1.165) is 0 Å². The highest BCUT2D eigenvalue weighted by Crippen LogP contribution is 2.22. The number of rotatable bonds is 4. The van der Waals surface area contributed by atoms with Crippen molar-refractivity contribution in [3.63, 3.8) is 0 Å². The van der Waals surface area contributed by atoms with Crippen molar-refractivity contribution in [3.05, 3.63) is 29.8 Å². The Morgan fingerprint density at radius 1 is 1.10 bits per heavy atom. The molecule has 1 aromatic carbocycles. The van der Waals surface area contributed by atoms with E-state index in [1.54, 1.807) is 24.0 Å². The van der Waals surface area contributed by atoms with Crippen LogP contribution in [0.15, 0.2) is 29.2 Å². The number of hydrogen-bond donors (Lipinski definition) is 1. The van der Waals surface area contributed by atoms with Gasteiger partial charge in [0, 0.05) is 44.7 Å². The SMILES string of the molecule is CC(=O)N1CCC(NC(=O)c2cccc(S(=O)(=O)N3CC(C)OC(C)C3)c2)CC1. The second kappa shape index (κ2) is 8.81. The molecule has 0 radical (unpaired) electrons. The molecule has 2 fully saturated rings. The van der Waals surface area contributed by atoms with E-state index in [4.69, 9.17) is 4.74 Å². The number of sulfonamides is 1. The fourth-order valence-electron chi connectivity index (χ4n) is 3.88. The van der Waals surface area contributed by atoms with E-state index >= 15 is 0 Å². The minimum atomic E-state index is -3.70. The number of nitrogens with zero attached hydrogens (tertiary/aromatic N) is 2. The van der Waals surface area contributed by atoms with Crippen molar-refractivity contribution in [1.29, 1.82) is 0 Å². The summed E-state index contributed by atoms with van der Waals surface area (Å²) in [6.45, 7) is 7.04. The van der Waals surface area contributed by atoms with Crippen molar-refractivity contribution in [3.8, 4) is 0 Å². The lowest BCUT2D eigenvalue weighted by Gasteiger charge is -2.34. The number of piperidine rings is 1. The highest BCUT2D eigenvalue weighted by Gasteiger charge is 2.32. The Morgan fingerprint density at radius 3 is 2.31 bits per heavy atom. The first kappa shape index (κ1) is 21.7. The molecule has 2 aliphatic heterocycles. The van der Waals surface area contributed by atoms with Gasteiger partial charge in [0.25, 0.3) is 5.91 Å². The number of hydrogen-bond acceptors (Lipinski definition) is 5. The summed E-state index contributed by atoms with van der Waals surface area (Å²) in [4.78, 5) is 26.0. The molecule has 9 heteroatoms. The van der Waals surface area contributed by atoms with Crippen LogP contribution in [0.25, 0.3) is 0 Å². The molecule has 0 aromatic heterocycles. The van der Waals surface area contributed by atoms with Gasteiger partial charge in [-0.2, -0.15) is 4.31 Å². The Morgan fingerprint density at radius 2 is 1.72 bits per heavy atom. The van der Waals surface area contributed by atoms with Gasteiger partial charge in [-0.1, -0.05) is 6.07 Å². The minimum Gasteiger partial charge on any atom is -0.373 e. The normalized spacial score (nSPS) is 24.3. The van der Waals surface area contributed by atoms with Crippen molar-refractivity contribution in [2.45, 2.75) is 56.8 Å². The van der Waals surface area contributed by atoms with Gasteiger partial charge in [0.15, 0.2) is 0 Å². The molecule has 2 heterocycles. The maximum atomic E-state index is 13.0. The van der Waals surface area contributed by atoms with Gasteiger partial charge >= 0.3 is 0 Å². The molecule has 0 spiro atoms. The molecule has 0 saturated carbocycles. The molecule has 0 aliphatic carbocycles. The standard InChI is InChI=1S/C20H29N3O5S/c1-14-12-23(13-15(2)28-14)29(26,27)19-6-4-5-17(11-19)20(25)21-18-7-9-22(10-8-18)16(3)24/h4-6,11,14-15,18H,7-10,12-13H2,1-3H3,(H,21,25). The zero-order chi connectivity index (χ0) is 21.2. The smallest absolute Gasteiger partial charge is 0.251 e. The Balaban J connectivity index is 1.69. The summed E-state index contributed by atoms with van der Waals surface area (Å²) in [5.41, 5.74) is 0.314. The Kier molecular flexibility index (Phi) is 6.60. The van der Waals surface area contributed by atoms with Gasteiger partial charge in [-0.05, 0) is 44.9 Å². The monoisotopic (exact) mass is 423 g/mol. The maximum Gasteiger partial charge on any atom is 0.251 e. The molecule has 29 heavy (non-hydrogen) atoms. The average molecular weight is 424 g/mol. The Bertz CT molecular complexity index is 855. The summed E-state index contributed by atoms with van der Waals surface area (Å²) in [6, 6.07) is 6.12. The van der Waals surface area contributed by atoms with Crippen LogP contribution in [0.3, 0.4) is 0 Å². The topological polar surface area (TPSA) is 96.0 Å². The molecular weight excluding hydrogens is 394 g/mol. The number of benzene rings is 1. The fourth-order valence-corrected chi connectivity index (χ4v) is 5.52. The van der Waals surface area contributed by atoms with E-state index in [-0.39, 0.29) is 48.0 Å². The van der Waals surface area contributed by atoms with Gasteiger partial charge in [0.2, 0.25) is 15.9 Å². The van der Waals surface area contributed by atoms with Gasteiger partial charge in [0.1, 0.15) is 0 Å². The first-order valence-corrected chi connectivity index (χ1v) is 11.4. The van der Waals surface area contributed by atoms with Crippen molar-refractivity contribution in [2.75, 3.05) is 26.2 Å². The molecule has 160 valence electrons. The third kappa shape index (κ3) is 5.15. The van der Waals surface area contributed by atoms with Gasteiger partial charge in [-0.3, -0.25) is 9.59 Å². The number of ether oxygens (including phenoxy) is 1. The van der Waals surface area contributed by atoms with Crippen LogP contribution in [-0.4, -0.2) is 73.9 Å². The average Bonchev–Trinajstić information content (AvgIpc) is 2.67. The number of carbonyl (C=O) groups excluding carboxylic acids is 2. The summed E-state index contributed by atoms with van der Waals surface area (Å²) in [5.74, 6) is -0.258. The molecule has 8 nitrogen and oxygen atoms in total. The van der Waals surface area contributed by atoms with Crippen LogP contribution in [0, 0.1) is 0 Å². The van der Waals surface area contributed by atoms with Crippen LogP contribution in [0.2, 0.25) is 0 Å². The molecule has 0 bridgehead atoms. The molecule has 2 unspecified atom stereocenters. The highest BCUT2D eigenvalue weighted by atomic mass is 32.2. The van der Waals surface area contributed by atoms with E-state index in [1.165, 1.54) is 16.4 Å². The summed E-state index contributed by atoms with van der Waals surface area (Å²) in [7, 11) is -3.70. The van der Waals surface area contributed by atoms with Gasteiger partial charge in [-0.25, -0.2) is 8.42 Å². The number of morpholine rings is 1. The van der Waals surface area contributed by atoms with Gasteiger partial charge < -0.3 is 15.0 Å². The molecule has 2 aliphatic rings. The zero-order valence-electron chi connectivity index (χ0n) is 17.1. The molecule has 1 N–H and O–H groups in total. The number of amides is 2. The van der Waals surface area contributed by atoms with E-state index in [0.29, 0.717) is 31.5 Å². The molecule has 3 rings (SSSR count). The van der Waals surface area contributed by atoms with Crippen molar-refractivity contribution < 1.29 is 22.7 Å². The quantitative estimate of drug-likeness (QED) is 0.786. The van der Waals surface area contributed by atoms with Crippen LogP contribution >= 0.6 is 0 Å². The third-order valence-corrected chi connectivity index (χ3v) is 7.22. The van der Waals surface area contributed by atoms with Crippen molar-refractivity contribution in [1.82, 2.24) is 14.5 Å². The number of carbonyl (C=O) groups is 2.